The maximum atomic E-state index is 12.7. The average molecular weight is 524 g/mol. The molecule has 0 bridgehead atoms. The molecule has 0 unspecified atom stereocenters. The number of likely N-dealkylation sites (N-methyl/N-ethyl adjacent to an activating group) is 1. The molecule has 200 valence electrons. The molecule has 1 aliphatic rings. The number of hydrogen-bond acceptors (Lipinski definition) is 7. The summed E-state index contributed by atoms with van der Waals surface area (Å²) >= 11 is 0. The third kappa shape index (κ3) is 5.63. The van der Waals surface area contributed by atoms with Crippen molar-refractivity contribution in [3.8, 4) is 17.0 Å². The number of allylic oxidation sites excluding steroid dienone is 2. The number of methoxy groups -OCH3 is 1. The molecule has 0 aliphatic carbocycles. The van der Waals surface area contributed by atoms with E-state index in [4.69, 9.17) is 9.72 Å². The SMILES string of the molecule is C=C/C=C\C(=O)Nc1cc(Nc2nccc(-c3c[nH]c4ccccc34)n2)c(OC)cc1N1CC[C@@H](N(C)C)C1. The van der Waals surface area contributed by atoms with Crippen LogP contribution in [0.1, 0.15) is 6.42 Å². The number of aromatic nitrogens is 3. The molecule has 0 saturated carbocycles. The van der Waals surface area contributed by atoms with Gasteiger partial charge < -0.3 is 30.2 Å². The number of nitrogens with zero attached hydrogens (tertiary/aromatic N) is 4. The Morgan fingerprint density at radius 2 is 2.08 bits per heavy atom. The second-order valence-electron chi connectivity index (χ2n) is 9.64. The van der Waals surface area contributed by atoms with Gasteiger partial charge in [-0.3, -0.25) is 4.79 Å². The number of hydrogen-bond donors (Lipinski definition) is 3. The minimum atomic E-state index is -0.242. The molecule has 1 fully saturated rings. The highest BCUT2D eigenvalue weighted by molar-refractivity contribution is 6.02. The second-order valence-corrected chi connectivity index (χ2v) is 9.64. The van der Waals surface area contributed by atoms with Crippen LogP contribution in [0.3, 0.4) is 0 Å². The predicted molar refractivity (Wildman–Crippen MR) is 158 cm³/mol. The molecular weight excluding hydrogens is 490 g/mol. The summed E-state index contributed by atoms with van der Waals surface area (Å²) < 4.78 is 5.78. The zero-order valence-electron chi connectivity index (χ0n) is 22.4. The van der Waals surface area contributed by atoms with Crippen LogP contribution in [-0.4, -0.2) is 66.1 Å². The Kier molecular flexibility index (Phi) is 7.60. The molecule has 9 nitrogen and oxygen atoms in total. The zero-order chi connectivity index (χ0) is 27.4. The van der Waals surface area contributed by atoms with Gasteiger partial charge in [-0.15, -0.1) is 0 Å². The molecule has 2 aromatic heterocycles. The van der Waals surface area contributed by atoms with Crippen LogP contribution >= 0.6 is 0 Å². The van der Waals surface area contributed by atoms with Crippen molar-refractivity contribution in [1.29, 1.82) is 0 Å². The van der Waals surface area contributed by atoms with Crippen LogP contribution in [0.2, 0.25) is 0 Å². The highest BCUT2D eigenvalue weighted by Crippen LogP contribution is 2.40. The zero-order valence-corrected chi connectivity index (χ0v) is 22.4. The molecule has 5 rings (SSSR count). The number of anilines is 4. The van der Waals surface area contributed by atoms with Crippen molar-refractivity contribution in [2.75, 3.05) is 49.8 Å². The lowest BCUT2D eigenvalue weighted by Gasteiger charge is -2.25. The van der Waals surface area contributed by atoms with Crippen LogP contribution < -0.4 is 20.3 Å². The third-order valence-electron chi connectivity index (χ3n) is 6.96. The number of nitrogens with one attached hydrogen (secondary N) is 3. The van der Waals surface area contributed by atoms with Crippen LogP contribution in [-0.2, 0) is 4.79 Å². The number of rotatable bonds is 9. The molecule has 3 heterocycles. The molecule has 9 heteroatoms. The van der Waals surface area contributed by atoms with E-state index in [1.165, 1.54) is 6.08 Å². The van der Waals surface area contributed by atoms with E-state index in [-0.39, 0.29) is 5.91 Å². The van der Waals surface area contributed by atoms with Crippen molar-refractivity contribution < 1.29 is 9.53 Å². The largest absolute Gasteiger partial charge is 0.494 e. The van der Waals surface area contributed by atoms with E-state index in [1.54, 1.807) is 25.5 Å². The minimum Gasteiger partial charge on any atom is -0.494 e. The molecule has 39 heavy (non-hydrogen) atoms. The number of carbonyl (C=O) groups excluding carboxylic acids is 1. The lowest BCUT2D eigenvalue weighted by Crippen LogP contribution is -2.31. The van der Waals surface area contributed by atoms with Gasteiger partial charge in [-0.1, -0.05) is 36.9 Å². The van der Waals surface area contributed by atoms with E-state index in [2.05, 4.69) is 57.1 Å². The van der Waals surface area contributed by atoms with E-state index in [9.17, 15) is 4.79 Å². The van der Waals surface area contributed by atoms with Crippen molar-refractivity contribution >= 4 is 39.8 Å². The van der Waals surface area contributed by atoms with E-state index in [1.807, 2.05) is 42.6 Å². The van der Waals surface area contributed by atoms with Crippen molar-refractivity contribution in [2.24, 2.45) is 0 Å². The van der Waals surface area contributed by atoms with Gasteiger partial charge in [-0.25, -0.2) is 9.97 Å². The molecule has 2 aromatic carbocycles. The number of aromatic amines is 1. The first kappa shape index (κ1) is 26.0. The normalized spacial score (nSPS) is 15.3. The first-order valence-corrected chi connectivity index (χ1v) is 12.9. The van der Waals surface area contributed by atoms with Crippen LogP contribution in [0.4, 0.5) is 23.0 Å². The van der Waals surface area contributed by atoms with Gasteiger partial charge in [0.1, 0.15) is 5.75 Å². The Morgan fingerprint density at radius 1 is 1.23 bits per heavy atom. The summed E-state index contributed by atoms with van der Waals surface area (Å²) in [6.07, 6.45) is 9.35. The molecule has 4 aromatic rings. The Morgan fingerprint density at radius 3 is 2.85 bits per heavy atom. The molecular formula is C30H33N7O2. The summed E-state index contributed by atoms with van der Waals surface area (Å²) in [4.78, 5) is 29.7. The van der Waals surface area contributed by atoms with Gasteiger partial charge >= 0.3 is 0 Å². The average Bonchev–Trinajstić information content (AvgIpc) is 3.60. The fourth-order valence-corrected chi connectivity index (χ4v) is 4.88. The van der Waals surface area contributed by atoms with Gasteiger partial charge in [-0.2, -0.15) is 0 Å². The highest BCUT2D eigenvalue weighted by atomic mass is 16.5. The summed E-state index contributed by atoms with van der Waals surface area (Å²) in [5.74, 6) is 0.800. The summed E-state index contributed by atoms with van der Waals surface area (Å²) in [6, 6.07) is 14.2. The summed E-state index contributed by atoms with van der Waals surface area (Å²) in [7, 11) is 5.81. The maximum Gasteiger partial charge on any atom is 0.248 e. The Hall–Kier alpha value is -4.63. The number of benzene rings is 2. The molecule has 0 spiro atoms. The topological polar surface area (TPSA) is 98.4 Å². The number of amides is 1. The van der Waals surface area contributed by atoms with Crippen molar-refractivity contribution in [1.82, 2.24) is 19.9 Å². The predicted octanol–water partition coefficient (Wildman–Crippen LogP) is 5.20. The van der Waals surface area contributed by atoms with Gasteiger partial charge in [0, 0.05) is 60.1 Å². The van der Waals surface area contributed by atoms with Crippen LogP contribution in [0.15, 0.2) is 79.7 Å². The fourth-order valence-electron chi connectivity index (χ4n) is 4.88. The van der Waals surface area contributed by atoms with Crippen LogP contribution in [0.25, 0.3) is 22.2 Å². The van der Waals surface area contributed by atoms with Crippen molar-refractivity contribution in [3.05, 3.63) is 79.7 Å². The van der Waals surface area contributed by atoms with Crippen LogP contribution in [0, 0.1) is 0 Å². The summed E-state index contributed by atoms with van der Waals surface area (Å²) in [5.41, 5.74) is 5.03. The van der Waals surface area contributed by atoms with Gasteiger partial charge in [0.15, 0.2) is 0 Å². The van der Waals surface area contributed by atoms with Gasteiger partial charge in [-0.05, 0) is 38.7 Å². The standard InChI is InChI=1S/C30H33N7O2/c1-5-6-11-29(38)33-25-16-26(28(39-4)17-27(25)37-15-13-20(19-37)36(2)3)35-30-31-14-12-24(34-30)22-18-32-23-10-8-7-9-21(22)23/h5-12,14,16-18,20,32H,1,13,15,19H2,2-4H3,(H,33,38)(H,31,34,35)/b11-6-/t20-/m1/s1. The molecule has 0 radical (unpaired) electrons. The van der Waals surface area contributed by atoms with Crippen molar-refractivity contribution in [2.45, 2.75) is 12.5 Å². The Labute approximate surface area is 228 Å². The number of ether oxygens (including phenoxy) is 1. The number of carbonyl (C=O) groups is 1. The molecule has 1 saturated heterocycles. The first-order valence-electron chi connectivity index (χ1n) is 12.9. The van der Waals surface area contributed by atoms with E-state index >= 15 is 0 Å². The second kappa shape index (κ2) is 11.4. The van der Waals surface area contributed by atoms with Gasteiger partial charge in [0.2, 0.25) is 11.9 Å². The van der Waals surface area contributed by atoms with E-state index in [0.717, 1.165) is 47.4 Å². The summed E-state index contributed by atoms with van der Waals surface area (Å²) in [5, 5.41) is 7.42. The quantitative estimate of drug-likeness (QED) is 0.205. The van der Waals surface area contributed by atoms with Gasteiger partial charge in [0.05, 0.1) is 29.9 Å². The fraction of sp³-hybridized carbons (Fsp3) is 0.233. The van der Waals surface area contributed by atoms with Crippen molar-refractivity contribution in [3.63, 3.8) is 0 Å². The van der Waals surface area contributed by atoms with E-state index in [0.29, 0.717) is 29.1 Å². The number of fused-ring (bicyclic) bond motifs is 1. The van der Waals surface area contributed by atoms with Gasteiger partial charge in [0.25, 0.3) is 0 Å². The minimum absolute atomic E-state index is 0.242. The molecule has 1 amide bonds. The van der Waals surface area contributed by atoms with Crippen LogP contribution in [0.5, 0.6) is 5.75 Å². The Bertz CT molecular complexity index is 1530. The lowest BCUT2D eigenvalue weighted by molar-refractivity contribution is -0.111. The maximum absolute atomic E-state index is 12.7. The smallest absolute Gasteiger partial charge is 0.248 e. The molecule has 1 aliphatic heterocycles. The summed E-state index contributed by atoms with van der Waals surface area (Å²) in [6.45, 7) is 5.38. The monoisotopic (exact) mass is 523 g/mol. The number of H-pyrrole nitrogens is 1. The lowest BCUT2D eigenvalue weighted by atomic mass is 10.1. The first-order chi connectivity index (χ1) is 19.0. The molecule has 3 N–H and O–H groups in total. The Balaban J connectivity index is 1.49. The molecule has 1 atom stereocenters. The van der Waals surface area contributed by atoms with E-state index < -0.39 is 0 Å². The number of para-hydroxylation sites is 1. The third-order valence-corrected chi connectivity index (χ3v) is 6.96. The highest BCUT2D eigenvalue weighted by Gasteiger charge is 2.27.